The van der Waals surface area contributed by atoms with Gasteiger partial charge >= 0.3 is 6.03 Å². The molecule has 0 spiro atoms. The highest BCUT2D eigenvalue weighted by molar-refractivity contribution is 5.71. The molecule has 0 saturated heterocycles. The molecule has 0 bridgehead atoms. The van der Waals surface area contributed by atoms with E-state index in [4.69, 9.17) is 10.4 Å². The van der Waals surface area contributed by atoms with Crippen molar-refractivity contribution >= 4 is 6.03 Å². The Balaban J connectivity index is 2.40. The number of benzene rings is 1. The van der Waals surface area contributed by atoms with E-state index in [1.54, 1.807) is 0 Å². The van der Waals surface area contributed by atoms with E-state index in [9.17, 15) is 4.79 Å². The normalized spacial score (nSPS) is 9.38. The van der Waals surface area contributed by atoms with Crippen molar-refractivity contribution in [1.82, 2.24) is 10.5 Å². The van der Waals surface area contributed by atoms with Crippen LogP contribution in [0, 0.1) is 0 Å². The number of urea groups is 1. The predicted octanol–water partition coefficient (Wildman–Crippen LogP) is 0.977. The van der Waals surface area contributed by atoms with Crippen molar-refractivity contribution in [3.05, 3.63) is 35.9 Å². The first-order chi connectivity index (χ1) is 6.20. The molecule has 0 aliphatic rings. The molecule has 0 radical (unpaired) electrons. The van der Waals surface area contributed by atoms with Crippen LogP contribution in [0.3, 0.4) is 0 Å². The lowest BCUT2D eigenvalue weighted by Crippen LogP contribution is -2.34. The zero-order valence-corrected chi connectivity index (χ0v) is 6.84. The van der Waals surface area contributed by atoms with E-state index < -0.39 is 11.3 Å². The van der Waals surface area contributed by atoms with E-state index in [1.165, 1.54) is 0 Å². The maximum absolute atomic E-state index is 10.6. The van der Waals surface area contributed by atoms with Crippen molar-refractivity contribution in [2.24, 2.45) is 0 Å². The average Bonchev–Trinajstić information content (AvgIpc) is 2.15. The van der Waals surface area contributed by atoms with Crippen LogP contribution in [-0.4, -0.2) is 21.7 Å². The standard InChI is InChI=1S/C8H10N2O3/c11-8(10(12)13)9-6-7-4-2-1-3-5-7/h1-5,12-13H,6H2,(H,9,11). The van der Waals surface area contributed by atoms with Gasteiger partial charge in [-0.2, -0.15) is 0 Å². The third-order valence-electron chi connectivity index (χ3n) is 1.47. The first kappa shape index (κ1) is 9.50. The third kappa shape index (κ3) is 3.10. The van der Waals surface area contributed by atoms with Crippen molar-refractivity contribution in [3.8, 4) is 0 Å². The van der Waals surface area contributed by atoms with Gasteiger partial charge in [-0.3, -0.25) is 10.4 Å². The SMILES string of the molecule is O=C(NCc1ccccc1)N(O)O. The summed E-state index contributed by atoms with van der Waals surface area (Å²) in [5.41, 5.74) is 0.887. The largest absolute Gasteiger partial charge is 0.366 e. The highest BCUT2D eigenvalue weighted by atomic mass is 16.8. The Hall–Kier alpha value is -1.59. The molecular formula is C8H10N2O3. The number of hydroxylamine groups is 2. The minimum atomic E-state index is -0.955. The first-order valence-electron chi connectivity index (χ1n) is 3.70. The van der Waals surface area contributed by atoms with Crippen molar-refractivity contribution in [2.75, 3.05) is 0 Å². The summed E-state index contributed by atoms with van der Waals surface area (Å²) in [6.07, 6.45) is 0. The number of rotatable bonds is 2. The molecular weight excluding hydrogens is 172 g/mol. The molecule has 2 amide bonds. The van der Waals surface area contributed by atoms with E-state index in [0.717, 1.165) is 5.56 Å². The summed E-state index contributed by atoms with van der Waals surface area (Å²) in [5.74, 6) is 0. The minimum Gasteiger partial charge on any atom is -0.330 e. The smallest absolute Gasteiger partial charge is 0.330 e. The summed E-state index contributed by atoms with van der Waals surface area (Å²) in [5, 5.41) is 18.4. The average molecular weight is 182 g/mol. The van der Waals surface area contributed by atoms with Crippen molar-refractivity contribution in [1.29, 1.82) is 0 Å². The highest BCUT2D eigenvalue weighted by Crippen LogP contribution is 1.97. The number of hydrogen-bond acceptors (Lipinski definition) is 3. The van der Waals surface area contributed by atoms with Crippen LogP contribution in [0.5, 0.6) is 0 Å². The molecule has 3 N–H and O–H groups in total. The van der Waals surface area contributed by atoms with Gasteiger partial charge in [-0.15, -0.1) is 0 Å². The Bertz CT molecular complexity index is 274. The molecule has 0 aliphatic heterocycles. The zero-order chi connectivity index (χ0) is 9.68. The molecule has 0 fully saturated rings. The van der Waals surface area contributed by atoms with Gasteiger partial charge in [0, 0.05) is 6.54 Å². The van der Waals surface area contributed by atoms with Gasteiger partial charge in [0.15, 0.2) is 0 Å². The van der Waals surface area contributed by atoms with Crippen LogP contribution < -0.4 is 5.32 Å². The van der Waals surface area contributed by atoms with Crippen LogP contribution in [0.4, 0.5) is 4.79 Å². The Labute approximate surface area is 75.1 Å². The summed E-state index contributed by atoms with van der Waals surface area (Å²) in [4.78, 5) is 10.6. The van der Waals surface area contributed by atoms with E-state index in [0.29, 0.717) is 0 Å². The van der Waals surface area contributed by atoms with Gasteiger partial charge in [-0.1, -0.05) is 35.6 Å². The van der Waals surface area contributed by atoms with Gasteiger partial charge in [-0.25, -0.2) is 4.79 Å². The summed E-state index contributed by atoms with van der Waals surface area (Å²) >= 11 is 0. The molecule has 1 aromatic rings. The van der Waals surface area contributed by atoms with Crippen LogP contribution in [0.15, 0.2) is 30.3 Å². The van der Waals surface area contributed by atoms with E-state index >= 15 is 0 Å². The van der Waals surface area contributed by atoms with E-state index in [-0.39, 0.29) is 6.54 Å². The molecule has 13 heavy (non-hydrogen) atoms. The molecule has 1 rings (SSSR count). The quantitative estimate of drug-likeness (QED) is 0.471. The Kier molecular flexibility index (Phi) is 3.24. The molecule has 0 atom stereocenters. The van der Waals surface area contributed by atoms with E-state index in [1.807, 2.05) is 30.3 Å². The van der Waals surface area contributed by atoms with Crippen LogP contribution in [0.25, 0.3) is 0 Å². The Morgan fingerprint density at radius 1 is 1.31 bits per heavy atom. The molecule has 0 unspecified atom stereocenters. The second-order valence-corrected chi connectivity index (χ2v) is 2.43. The van der Waals surface area contributed by atoms with Gasteiger partial charge in [-0.05, 0) is 5.56 Å². The topological polar surface area (TPSA) is 72.8 Å². The predicted molar refractivity (Wildman–Crippen MR) is 44.1 cm³/mol. The summed E-state index contributed by atoms with van der Waals surface area (Å²) < 4.78 is 0. The van der Waals surface area contributed by atoms with Gasteiger partial charge < -0.3 is 5.32 Å². The number of nitrogens with zero attached hydrogens (tertiary/aromatic N) is 1. The molecule has 1 aromatic carbocycles. The first-order valence-corrected chi connectivity index (χ1v) is 3.70. The van der Waals surface area contributed by atoms with Crippen molar-refractivity contribution in [3.63, 3.8) is 0 Å². The molecule has 0 aliphatic carbocycles. The molecule has 5 heteroatoms. The van der Waals surface area contributed by atoms with Crippen LogP contribution in [0.1, 0.15) is 5.56 Å². The van der Waals surface area contributed by atoms with Gasteiger partial charge in [0.25, 0.3) is 0 Å². The molecule has 0 saturated carbocycles. The number of carbonyl (C=O) groups is 1. The molecule has 0 aromatic heterocycles. The molecule has 0 heterocycles. The summed E-state index contributed by atoms with van der Waals surface area (Å²) in [6.45, 7) is 0.261. The maximum Gasteiger partial charge on any atom is 0.366 e. The minimum absolute atomic E-state index is 0.261. The fourth-order valence-electron chi connectivity index (χ4n) is 0.844. The third-order valence-corrected chi connectivity index (χ3v) is 1.47. The lowest BCUT2D eigenvalue weighted by Gasteiger charge is -2.07. The fraction of sp³-hybridized carbons (Fsp3) is 0.125. The van der Waals surface area contributed by atoms with Crippen molar-refractivity contribution in [2.45, 2.75) is 6.54 Å². The number of nitrogens with one attached hydrogen (secondary N) is 1. The number of carbonyl (C=O) groups excluding carboxylic acids is 1. The van der Waals surface area contributed by atoms with E-state index in [2.05, 4.69) is 5.32 Å². The van der Waals surface area contributed by atoms with Gasteiger partial charge in [0.2, 0.25) is 0 Å². The Morgan fingerprint density at radius 2 is 1.92 bits per heavy atom. The van der Waals surface area contributed by atoms with Crippen molar-refractivity contribution < 1.29 is 15.2 Å². The van der Waals surface area contributed by atoms with Gasteiger partial charge in [0.1, 0.15) is 0 Å². The van der Waals surface area contributed by atoms with Gasteiger partial charge in [0.05, 0.1) is 0 Å². The number of amides is 2. The monoisotopic (exact) mass is 182 g/mol. The number of hydrogen-bond donors (Lipinski definition) is 3. The van der Waals surface area contributed by atoms with Crippen LogP contribution in [-0.2, 0) is 6.54 Å². The zero-order valence-electron chi connectivity index (χ0n) is 6.84. The molecule has 70 valence electrons. The highest BCUT2D eigenvalue weighted by Gasteiger charge is 2.05. The molecule has 5 nitrogen and oxygen atoms in total. The maximum atomic E-state index is 10.6. The lowest BCUT2D eigenvalue weighted by atomic mass is 10.2. The second-order valence-electron chi connectivity index (χ2n) is 2.43. The Morgan fingerprint density at radius 3 is 2.46 bits per heavy atom. The van der Waals surface area contributed by atoms with Crippen LogP contribution in [0.2, 0.25) is 0 Å². The summed E-state index contributed by atoms with van der Waals surface area (Å²) in [6, 6.07) is 8.20. The fourth-order valence-corrected chi connectivity index (χ4v) is 0.844. The lowest BCUT2D eigenvalue weighted by molar-refractivity contribution is -0.258. The second kappa shape index (κ2) is 4.44. The van der Waals surface area contributed by atoms with Crippen LogP contribution >= 0.6 is 0 Å². The summed E-state index contributed by atoms with van der Waals surface area (Å²) in [7, 11) is 0.